The van der Waals surface area contributed by atoms with Crippen LogP contribution in [-0.2, 0) is 11.2 Å². The van der Waals surface area contributed by atoms with E-state index < -0.39 is 5.97 Å². The Balaban J connectivity index is 1.37. The predicted molar refractivity (Wildman–Crippen MR) is 104 cm³/mol. The van der Waals surface area contributed by atoms with Crippen LogP contribution >= 0.6 is 0 Å². The van der Waals surface area contributed by atoms with Crippen LogP contribution in [0.2, 0.25) is 0 Å². The molecule has 6 nitrogen and oxygen atoms in total. The van der Waals surface area contributed by atoms with E-state index in [0.717, 1.165) is 5.39 Å². The Bertz CT molecular complexity index is 1120. The SMILES string of the molecule is O=C(Cc1noc2ccccc12)Oc1ccc(NC(=O)c2ccccc2)cc1. The predicted octanol–water partition coefficient (Wildman–Crippen LogP) is 4.23. The summed E-state index contributed by atoms with van der Waals surface area (Å²) in [5, 5.41) is 7.51. The minimum absolute atomic E-state index is 0.00348. The third kappa shape index (κ3) is 3.91. The fourth-order valence-corrected chi connectivity index (χ4v) is 2.77. The van der Waals surface area contributed by atoms with Crippen molar-refractivity contribution in [3.8, 4) is 5.75 Å². The van der Waals surface area contributed by atoms with Gasteiger partial charge in [0, 0.05) is 16.6 Å². The number of nitrogens with zero attached hydrogens (tertiary/aromatic N) is 1. The van der Waals surface area contributed by atoms with Crippen molar-refractivity contribution < 1.29 is 18.8 Å². The lowest BCUT2D eigenvalue weighted by atomic mass is 10.2. The number of hydrogen-bond acceptors (Lipinski definition) is 5. The summed E-state index contributed by atoms with van der Waals surface area (Å²) in [4.78, 5) is 24.3. The minimum Gasteiger partial charge on any atom is -0.426 e. The van der Waals surface area contributed by atoms with Crippen molar-refractivity contribution in [2.45, 2.75) is 6.42 Å². The van der Waals surface area contributed by atoms with Crippen molar-refractivity contribution in [3.63, 3.8) is 0 Å². The number of benzene rings is 3. The van der Waals surface area contributed by atoms with Gasteiger partial charge in [-0.05, 0) is 48.5 Å². The Morgan fingerprint density at radius 2 is 1.61 bits per heavy atom. The summed E-state index contributed by atoms with van der Waals surface area (Å²) in [5.41, 5.74) is 2.34. The molecule has 1 N–H and O–H groups in total. The van der Waals surface area contributed by atoms with E-state index in [1.807, 2.05) is 24.3 Å². The summed E-state index contributed by atoms with van der Waals surface area (Å²) in [6.07, 6.45) is 0.00348. The van der Waals surface area contributed by atoms with Gasteiger partial charge in [0.1, 0.15) is 11.4 Å². The molecule has 0 aliphatic heterocycles. The lowest BCUT2D eigenvalue weighted by Crippen LogP contribution is -2.13. The standard InChI is InChI=1S/C22H16N2O4/c25-21(14-19-18-8-4-5-9-20(18)28-24-19)27-17-12-10-16(11-13-17)23-22(26)15-6-2-1-3-7-15/h1-13H,14H2,(H,23,26). The van der Waals surface area contributed by atoms with E-state index >= 15 is 0 Å². The smallest absolute Gasteiger partial charge is 0.317 e. The molecule has 1 heterocycles. The summed E-state index contributed by atoms with van der Waals surface area (Å²) >= 11 is 0. The normalized spacial score (nSPS) is 10.6. The number of carbonyl (C=O) groups is 2. The van der Waals surface area contributed by atoms with Crippen LogP contribution in [0.15, 0.2) is 83.4 Å². The average Bonchev–Trinajstić information content (AvgIpc) is 3.13. The van der Waals surface area contributed by atoms with E-state index in [1.165, 1.54) is 0 Å². The molecule has 4 rings (SSSR count). The number of anilines is 1. The second-order valence-electron chi connectivity index (χ2n) is 6.12. The van der Waals surface area contributed by atoms with Crippen LogP contribution < -0.4 is 10.1 Å². The van der Waals surface area contributed by atoms with E-state index in [9.17, 15) is 9.59 Å². The number of esters is 1. The maximum atomic E-state index is 12.2. The largest absolute Gasteiger partial charge is 0.426 e. The summed E-state index contributed by atoms with van der Waals surface area (Å²) in [5.74, 6) is -0.265. The number of hydrogen-bond donors (Lipinski definition) is 1. The average molecular weight is 372 g/mol. The first-order valence-electron chi connectivity index (χ1n) is 8.69. The monoisotopic (exact) mass is 372 g/mol. The number of ether oxygens (including phenoxy) is 1. The zero-order valence-corrected chi connectivity index (χ0v) is 14.8. The third-order valence-electron chi connectivity index (χ3n) is 4.14. The van der Waals surface area contributed by atoms with Gasteiger partial charge in [-0.25, -0.2) is 0 Å². The van der Waals surface area contributed by atoms with Crippen LogP contribution in [0.4, 0.5) is 5.69 Å². The first-order chi connectivity index (χ1) is 13.7. The molecule has 0 aliphatic rings. The van der Waals surface area contributed by atoms with Gasteiger partial charge in [-0.3, -0.25) is 9.59 Å². The second kappa shape index (κ2) is 7.75. The molecule has 138 valence electrons. The molecule has 3 aromatic carbocycles. The van der Waals surface area contributed by atoms with E-state index in [1.54, 1.807) is 54.6 Å². The van der Waals surface area contributed by atoms with Crippen molar-refractivity contribution in [1.82, 2.24) is 5.16 Å². The molecule has 28 heavy (non-hydrogen) atoms. The molecule has 0 fully saturated rings. The molecule has 0 saturated carbocycles. The van der Waals surface area contributed by atoms with Crippen molar-refractivity contribution >= 4 is 28.5 Å². The highest BCUT2D eigenvalue weighted by atomic mass is 16.5. The lowest BCUT2D eigenvalue weighted by Gasteiger charge is -2.07. The summed E-state index contributed by atoms with van der Waals surface area (Å²) < 4.78 is 10.5. The van der Waals surface area contributed by atoms with E-state index in [2.05, 4.69) is 10.5 Å². The Labute approximate surface area is 160 Å². The number of para-hydroxylation sites is 1. The van der Waals surface area contributed by atoms with Crippen molar-refractivity contribution in [1.29, 1.82) is 0 Å². The van der Waals surface area contributed by atoms with Gasteiger partial charge < -0.3 is 14.6 Å². The van der Waals surface area contributed by atoms with Gasteiger partial charge in [0.2, 0.25) is 0 Å². The number of fused-ring (bicyclic) bond motifs is 1. The molecule has 0 spiro atoms. The Morgan fingerprint density at radius 3 is 2.39 bits per heavy atom. The van der Waals surface area contributed by atoms with Gasteiger partial charge in [-0.2, -0.15) is 0 Å². The van der Waals surface area contributed by atoms with Crippen LogP contribution in [0.5, 0.6) is 5.75 Å². The lowest BCUT2D eigenvalue weighted by molar-refractivity contribution is -0.133. The molecule has 0 unspecified atom stereocenters. The quantitative estimate of drug-likeness (QED) is 0.419. The second-order valence-corrected chi connectivity index (χ2v) is 6.12. The van der Waals surface area contributed by atoms with Gasteiger partial charge in [0.15, 0.2) is 5.58 Å². The highest BCUT2D eigenvalue weighted by Crippen LogP contribution is 2.20. The van der Waals surface area contributed by atoms with Crippen molar-refractivity contribution in [2.24, 2.45) is 0 Å². The van der Waals surface area contributed by atoms with Crippen LogP contribution in [0, 0.1) is 0 Å². The van der Waals surface area contributed by atoms with E-state index in [-0.39, 0.29) is 12.3 Å². The van der Waals surface area contributed by atoms with E-state index in [4.69, 9.17) is 9.26 Å². The summed E-state index contributed by atoms with van der Waals surface area (Å²) in [6.45, 7) is 0. The van der Waals surface area contributed by atoms with Gasteiger partial charge in [0.05, 0.1) is 6.42 Å². The van der Waals surface area contributed by atoms with Crippen LogP contribution in [-0.4, -0.2) is 17.0 Å². The Hall–Kier alpha value is -3.93. The maximum Gasteiger partial charge on any atom is 0.317 e. The molecule has 0 atom stereocenters. The van der Waals surface area contributed by atoms with Gasteiger partial charge in [0.25, 0.3) is 5.91 Å². The van der Waals surface area contributed by atoms with Gasteiger partial charge in [-0.15, -0.1) is 0 Å². The van der Waals surface area contributed by atoms with Crippen LogP contribution in [0.3, 0.4) is 0 Å². The zero-order valence-electron chi connectivity index (χ0n) is 14.8. The van der Waals surface area contributed by atoms with Crippen molar-refractivity contribution in [2.75, 3.05) is 5.32 Å². The van der Waals surface area contributed by atoms with Crippen molar-refractivity contribution in [3.05, 3.63) is 90.1 Å². The number of rotatable bonds is 5. The zero-order chi connectivity index (χ0) is 19.3. The Kier molecular flexibility index (Phi) is 4.84. The number of aromatic nitrogens is 1. The number of nitrogens with one attached hydrogen (secondary N) is 1. The fraction of sp³-hybridized carbons (Fsp3) is 0.0455. The van der Waals surface area contributed by atoms with E-state index in [0.29, 0.717) is 28.3 Å². The molecular formula is C22H16N2O4. The minimum atomic E-state index is -0.444. The first kappa shape index (κ1) is 17.5. The van der Waals surface area contributed by atoms with Gasteiger partial charge >= 0.3 is 5.97 Å². The van der Waals surface area contributed by atoms with Gasteiger partial charge in [-0.1, -0.05) is 35.5 Å². The highest BCUT2D eigenvalue weighted by Gasteiger charge is 2.14. The molecule has 1 amide bonds. The summed E-state index contributed by atoms with van der Waals surface area (Å²) in [6, 6.07) is 22.9. The molecule has 6 heteroatoms. The molecule has 1 aromatic heterocycles. The Morgan fingerprint density at radius 1 is 0.893 bits per heavy atom. The van der Waals surface area contributed by atoms with Crippen LogP contribution in [0.1, 0.15) is 16.1 Å². The highest BCUT2D eigenvalue weighted by molar-refractivity contribution is 6.04. The topological polar surface area (TPSA) is 81.4 Å². The number of carbonyl (C=O) groups excluding carboxylic acids is 2. The molecule has 0 saturated heterocycles. The first-order valence-corrected chi connectivity index (χ1v) is 8.69. The summed E-state index contributed by atoms with van der Waals surface area (Å²) in [7, 11) is 0. The molecule has 4 aromatic rings. The molecule has 0 aliphatic carbocycles. The third-order valence-corrected chi connectivity index (χ3v) is 4.14. The molecule has 0 radical (unpaired) electrons. The van der Waals surface area contributed by atoms with Crippen LogP contribution in [0.25, 0.3) is 11.0 Å². The maximum absolute atomic E-state index is 12.2. The molecular weight excluding hydrogens is 356 g/mol. The number of amides is 1. The fourth-order valence-electron chi connectivity index (χ4n) is 2.77. The molecule has 0 bridgehead atoms.